The Balaban J connectivity index is 1.89. The molecule has 1 saturated heterocycles. The van der Waals surface area contributed by atoms with Crippen LogP contribution >= 0.6 is 15.9 Å². The summed E-state index contributed by atoms with van der Waals surface area (Å²) in [6.07, 6.45) is -3.35. The van der Waals surface area contributed by atoms with Crippen molar-refractivity contribution in [3.63, 3.8) is 0 Å². The molecule has 3 nitrogen and oxygen atoms in total. The second-order valence-electron chi connectivity index (χ2n) is 5.20. The molecule has 1 aliphatic rings. The van der Waals surface area contributed by atoms with Crippen LogP contribution in [0.1, 0.15) is 17.2 Å². The van der Waals surface area contributed by atoms with Crippen LogP contribution in [0.4, 0.5) is 19.0 Å². The Labute approximate surface area is 140 Å². The Morgan fingerprint density at radius 3 is 2.70 bits per heavy atom. The van der Waals surface area contributed by atoms with Crippen molar-refractivity contribution in [3.8, 4) is 0 Å². The first-order chi connectivity index (χ1) is 11.0. The van der Waals surface area contributed by atoms with E-state index in [2.05, 4.69) is 20.9 Å². The standard InChI is InChI=1S/C16H14BrF3N2O/c17-13-6-2-1-4-11(13)14-10-22(8-9-23-14)15-12(16(18,19)20)5-3-7-21-15/h1-7,14H,8-10H2. The molecule has 2 aromatic rings. The number of morpholine rings is 1. The van der Waals surface area contributed by atoms with Gasteiger partial charge in [0, 0.05) is 23.8 Å². The normalized spacial score (nSPS) is 19.0. The van der Waals surface area contributed by atoms with E-state index in [9.17, 15) is 13.2 Å². The number of aromatic nitrogens is 1. The molecular formula is C16H14BrF3N2O. The second kappa shape index (κ2) is 6.49. The van der Waals surface area contributed by atoms with Crippen molar-refractivity contribution in [1.29, 1.82) is 0 Å². The summed E-state index contributed by atoms with van der Waals surface area (Å²) in [6.45, 7) is 1.05. The molecule has 0 aliphatic carbocycles. The van der Waals surface area contributed by atoms with Crippen molar-refractivity contribution in [2.75, 3.05) is 24.6 Å². The average Bonchev–Trinajstić information content (AvgIpc) is 2.55. The molecule has 0 amide bonds. The van der Waals surface area contributed by atoms with Gasteiger partial charge in [0.2, 0.25) is 0 Å². The molecule has 7 heteroatoms. The van der Waals surface area contributed by atoms with Gasteiger partial charge in [0.15, 0.2) is 0 Å². The van der Waals surface area contributed by atoms with Crippen LogP contribution in [0.2, 0.25) is 0 Å². The molecule has 0 radical (unpaired) electrons. The van der Waals surface area contributed by atoms with E-state index in [1.807, 2.05) is 24.3 Å². The Hall–Kier alpha value is -1.60. The minimum absolute atomic E-state index is 0.0413. The van der Waals surface area contributed by atoms with E-state index < -0.39 is 11.7 Å². The molecule has 122 valence electrons. The summed E-state index contributed by atoms with van der Waals surface area (Å²) < 4.78 is 46.2. The number of rotatable bonds is 2. The summed E-state index contributed by atoms with van der Waals surface area (Å²) in [6, 6.07) is 9.92. The second-order valence-corrected chi connectivity index (χ2v) is 6.05. The molecule has 0 bridgehead atoms. The number of benzene rings is 1. The summed E-state index contributed by atoms with van der Waals surface area (Å²) in [7, 11) is 0. The number of hydrogen-bond donors (Lipinski definition) is 0. The summed E-state index contributed by atoms with van der Waals surface area (Å²) in [4.78, 5) is 5.59. The number of pyridine rings is 1. The quantitative estimate of drug-likeness (QED) is 0.762. The summed E-state index contributed by atoms with van der Waals surface area (Å²) in [5.41, 5.74) is 0.203. The summed E-state index contributed by atoms with van der Waals surface area (Å²) in [5.74, 6) is -0.0413. The maximum atomic E-state index is 13.2. The smallest absolute Gasteiger partial charge is 0.370 e. The summed E-state index contributed by atoms with van der Waals surface area (Å²) in [5, 5.41) is 0. The van der Waals surface area contributed by atoms with Crippen molar-refractivity contribution in [3.05, 3.63) is 58.2 Å². The Morgan fingerprint density at radius 2 is 1.96 bits per heavy atom. The topological polar surface area (TPSA) is 25.4 Å². The first kappa shape index (κ1) is 16.3. The monoisotopic (exact) mass is 386 g/mol. The molecule has 23 heavy (non-hydrogen) atoms. The third kappa shape index (κ3) is 3.50. The lowest BCUT2D eigenvalue weighted by atomic mass is 10.1. The molecular weight excluding hydrogens is 373 g/mol. The highest BCUT2D eigenvalue weighted by Crippen LogP contribution is 2.37. The van der Waals surface area contributed by atoms with E-state index in [4.69, 9.17) is 4.74 Å². The third-order valence-corrected chi connectivity index (χ3v) is 4.43. The minimum Gasteiger partial charge on any atom is -0.370 e. The highest BCUT2D eigenvalue weighted by Gasteiger charge is 2.37. The number of ether oxygens (including phenoxy) is 1. The van der Waals surface area contributed by atoms with Gasteiger partial charge in [-0.25, -0.2) is 4.98 Å². The number of hydrogen-bond acceptors (Lipinski definition) is 3. The van der Waals surface area contributed by atoms with E-state index in [1.54, 1.807) is 4.90 Å². The maximum absolute atomic E-state index is 13.2. The van der Waals surface area contributed by atoms with Gasteiger partial charge in [0.1, 0.15) is 11.9 Å². The van der Waals surface area contributed by atoms with Gasteiger partial charge in [0.05, 0.1) is 12.2 Å². The van der Waals surface area contributed by atoms with Crippen molar-refractivity contribution in [2.24, 2.45) is 0 Å². The maximum Gasteiger partial charge on any atom is 0.419 e. The number of halogens is 4. The van der Waals surface area contributed by atoms with Gasteiger partial charge in [-0.05, 0) is 23.8 Å². The Bertz CT molecular complexity index is 693. The van der Waals surface area contributed by atoms with Crippen LogP contribution < -0.4 is 4.90 Å². The van der Waals surface area contributed by atoms with Gasteiger partial charge in [0.25, 0.3) is 0 Å². The predicted octanol–water partition coefficient (Wildman–Crippen LogP) is 4.44. The first-order valence-corrected chi connectivity index (χ1v) is 7.89. The lowest BCUT2D eigenvalue weighted by Crippen LogP contribution is -2.40. The number of alkyl halides is 3. The zero-order chi connectivity index (χ0) is 16.4. The molecule has 1 atom stereocenters. The Morgan fingerprint density at radius 1 is 1.17 bits per heavy atom. The summed E-state index contributed by atoms with van der Waals surface area (Å²) >= 11 is 3.46. The molecule has 1 aromatic heterocycles. The van der Waals surface area contributed by atoms with E-state index in [-0.39, 0.29) is 11.9 Å². The molecule has 1 aliphatic heterocycles. The van der Waals surface area contributed by atoms with Crippen molar-refractivity contribution < 1.29 is 17.9 Å². The third-order valence-electron chi connectivity index (χ3n) is 3.71. The molecule has 1 unspecified atom stereocenters. The predicted molar refractivity (Wildman–Crippen MR) is 84.3 cm³/mol. The lowest BCUT2D eigenvalue weighted by molar-refractivity contribution is -0.137. The molecule has 3 rings (SSSR count). The van der Waals surface area contributed by atoms with E-state index in [0.29, 0.717) is 19.7 Å². The van der Waals surface area contributed by atoms with Crippen LogP contribution in [-0.4, -0.2) is 24.7 Å². The zero-order valence-electron chi connectivity index (χ0n) is 12.1. The van der Waals surface area contributed by atoms with Crippen molar-refractivity contribution in [2.45, 2.75) is 12.3 Å². The SMILES string of the molecule is FC(F)(F)c1cccnc1N1CCOC(c2ccccc2Br)C1. The van der Waals surface area contributed by atoms with Gasteiger partial charge < -0.3 is 9.64 Å². The first-order valence-electron chi connectivity index (χ1n) is 7.10. The van der Waals surface area contributed by atoms with Gasteiger partial charge >= 0.3 is 6.18 Å². The fourth-order valence-electron chi connectivity index (χ4n) is 2.64. The molecule has 2 heterocycles. The highest BCUT2D eigenvalue weighted by atomic mass is 79.9. The van der Waals surface area contributed by atoms with Crippen molar-refractivity contribution >= 4 is 21.7 Å². The van der Waals surface area contributed by atoms with Crippen LogP contribution in [0, 0.1) is 0 Å². The van der Waals surface area contributed by atoms with Crippen LogP contribution in [0.5, 0.6) is 0 Å². The molecule has 1 fully saturated rings. The number of nitrogens with zero attached hydrogens (tertiary/aromatic N) is 2. The highest BCUT2D eigenvalue weighted by molar-refractivity contribution is 9.10. The minimum atomic E-state index is -4.43. The van der Waals surface area contributed by atoms with Gasteiger partial charge in [-0.15, -0.1) is 0 Å². The van der Waals surface area contributed by atoms with E-state index >= 15 is 0 Å². The van der Waals surface area contributed by atoms with Gasteiger partial charge in [-0.2, -0.15) is 13.2 Å². The van der Waals surface area contributed by atoms with Crippen LogP contribution in [0.25, 0.3) is 0 Å². The average molecular weight is 387 g/mol. The van der Waals surface area contributed by atoms with Gasteiger partial charge in [-0.1, -0.05) is 34.1 Å². The Kier molecular flexibility index (Phi) is 4.59. The fourth-order valence-corrected chi connectivity index (χ4v) is 3.18. The van der Waals surface area contributed by atoms with Crippen molar-refractivity contribution in [1.82, 2.24) is 4.98 Å². The van der Waals surface area contributed by atoms with Crippen LogP contribution in [-0.2, 0) is 10.9 Å². The largest absolute Gasteiger partial charge is 0.419 e. The van der Waals surface area contributed by atoms with Crippen LogP contribution in [0.3, 0.4) is 0 Å². The molecule has 0 saturated carbocycles. The van der Waals surface area contributed by atoms with E-state index in [0.717, 1.165) is 16.1 Å². The molecule has 0 spiro atoms. The lowest BCUT2D eigenvalue weighted by Gasteiger charge is -2.35. The molecule has 0 N–H and O–H groups in total. The van der Waals surface area contributed by atoms with E-state index in [1.165, 1.54) is 12.3 Å². The zero-order valence-corrected chi connectivity index (χ0v) is 13.6. The van der Waals surface area contributed by atoms with Gasteiger partial charge in [-0.3, -0.25) is 0 Å². The van der Waals surface area contributed by atoms with Crippen LogP contribution in [0.15, 0.2) is 47.1 Å². The number of anilines is 1. The molecule has 1 aromatic carbocycles. The fraction of sp³-hybridized carbons (Fsp3) is 0.312.